The van der Waals surface area contributed by atoms with Crippen LogP contribution in [-0.2, 0) is 14.6 Å². The second-order valence-corrected chi connectivity index (χ2v) is 7.29. The summed E-state index contributed by atoms with van der Waals surface area (Å²) in [5, 5.41) is 0. The molecule has 23 heavy (non-hydrogen) atoms. The van der Waals surface area contributed by atoms with Crippen LogP contribution >= 0.6 is 0 Å². The van der Waals surface area contributed by atoms with Gasteiger partial charge in [0.15, 0.2) is 9.84 Å². The van der Waals surface area contributed by atoms with Crippen LogP contribution in [0.15, 0.2) is 29.2 Å². The molecule has 0 unspecified atom stereocenters. The molecule has 0 bridgehead atoms. The van der Waals surface area contributed by atoms with Crippen molar-refractivity contribution in [2.45, 2.75) is 11.8 Å². The fraction of sp³-hybridized carbons (Fsp3) is 0.467. The number of hydrogen-bond acceptors (Lipinski definition) is 5. The average Bonchev–Trinajstić information content (AvgIpc) is 2.54. The van der Waals surface area contributed by atoms with Crippen molar-refractivity contribution in [3.8, 4) is 0 Å². The summed E-state index contributed by atoms with van der Waals surface area (Å²) in [5.41, 5.74) is 0.432. The number of ether oxygens (including phenoxy) is 1. The Balaban J connectivity index is 1.98. The van der Waals surface area contributed by atoms with Gasteiger partial charge in [-0.05, 0) is 31.2 Å². The third kappa shape index (κ3) is 4.22. The SMILES string of the molecule is CCOC(=O)N1CCN(C(=O)c2ccc(S(C)(=O)=O)cc2)CC1. The van der Waals surface area contributed by atoms with Crippen LogP contribution in [0.5, 0.6) is 0 Å². The lowest BCUT2D eigenvalue weighted by Crippen LogP contribution is -2.50. The van der Waals surface area contributed by atoms with Crippen LogP contribution in [0.25, 0.3) is 0 Å². The van der Waals surface area contributed by atoms with Crippen LogP contribution in [0.4, 0.5) is 4.79 Å². The number of rotatable bonds is 3. The highest BCUT2D eigenvalue weighted by Gasteiger charge is 2.25. The van der Waals surface area contributed by atoms with E-state index in [2.05, 4.69) is 0 Å². The van der Waals surface area contributed by atoms with Crippen molar-refractivity contribution in [1.29, 1.82) is 0 Å². The van der Waals surface area contributed by atoms with Gasteiger partial charge in [-0.15, -0.1) is 0 Å². The molecule has 1 aliphatic heterocycles. The quantitative estimate of drug-likeness (QED) is 0.820. The van der Waals surface area contributed by atoms with Gasteiger partial charge in [0.2, 0.25) is 0 Å². The second kappa shape index (κ2) is 6.99. The summed E-state index contributed by atoms with van der Waals surface area (Å²) in [7, 11) is -3.28. The fourth-order valence-electron chi connectivity index (χ4n) is 2.33. The zero-order valence-electron chi connectivity index (χ0n) is 13.2. The molecule has 0 aromatic heterocycles. The summed E-state index contributed by atoms with van der Waals surface area (Å²) in [5.74, 6) is -0.173. The van der Waals surface area contributed by atoms with E-state index in [9.17, 15) is 18.0 Å². The smallest absolute Gasteiger partial charge is 0.409 e. The van der Waals surface area contributed by atoms with Crippen molar-refractivity contribution in [2.75, 3.05) is 39.0 Å². The minimum absolute atomic E-state index is 0.173. The fourth-order valence-corrected chi connectivity index (χ4v) is 2.96. The lowest BCUT2D eigenvalue weighted by molar-refractivity contribution is 0.0570. The molecular formula is C15H20N2O5S. The molecule has 1 aromatic rings. The molecule has 0 aliphatic carbocycles. The van der Waals surface area contributed by atoms with Crippen molar-refractivity contribution in [3.63, 3.8) is 0 Å². The largest absolute Gasteiger partial charge is 0.450 e. The molecule has 1 aliphatic rings. The summed E-state index contributed by atoms with van der Waals surface area (Å²) >= 11 is 0. The van der Waals surface area contributed by atoms with Gasteiger partial charge < -0.3 is 14.5 Å². The Morgan fingerprint density at radius 2 is 1.57 bits per heavy atom. The Morgan fingerprint density at radius 1 is 1.04 bits per heavy atom. The molecule has 0 N–H and O–H groups in total. The van der Waals surface area contributed by atoms with Gasteiger partial charge in [0, 0.05) is 38.0 Å². The normalized spacial score (nSPS) is 15.4. The second-order valence-electron chi connectivity index (χ2n) is 5.27. The summed E-state index contributed by atoms with van der Waals surface area (Å²) in [6.45, 7) is 3.76. The summed E-state index contributed by atoms with van der Waals surface area (Å²) in [6, 6.07) is 5.88. The van der Waals surface area contributed by atoms with Crippen molar-refractivity contribution in [3.05, 3.63) is 29.8 Å². The number of carbonyl (C=O) groups is 2. The lowest BCUT2D eigenvalue weighted by atomic mass is 10.2. The van der Waals surface area contributed by atoms with Crippen LogP contribution in [0.3, 0.4) is 0 Å². The van der Waals surface area contributed by atoms with Crippen molar-refractivity contribution in [1.82, 2.24) is 9.80 Å². The molecule has 0 atom stereocenters. The Labute approximate surface area is 135 Å². The molecule has 1 aromatic carbocycles. The van der Waals surface area contributed by atoms with Crippen molar-refractivity contribution < 1.29 is 22.7 Å². The number of nitrogens with zero attached hydrogens (tertiary/aromatic N) is 2. The molecule has 1 fully saturated rings. The Hall–Kier alpha value is -2.09. The molecule has 1 saturated heterocycles. The van der Waals surface area contributed by atoms with Gasteiger partial charge in [-0.3, -0.25) is 4.79 Å². The van der Waals surface area contributed by atoms with Gasteiger partial charge in [-0.2, -0.15) is 0 Å². The maximum Gasteiger partial charge on any atom is 0.409 e. The third-order valence-corrected chi connectivity index (χ3v) is 4.75. The van der Waals surface area contributed by atoms with Crippen molar-refractivity contribution in [2.24, 2.45) is 0 Å². The highest BCUT2D eigenvalue weighted by atomic mass is 32.2. The molecule has 8 heteroatoms. The van der Waals surface area contributed by atoms with E-state index in [1.807, 2.05) is 0 Å². The monoisotopic (exact) mass is 340 g/mol. The predicted molar refractivity (Wildman–Crippen MR) is 84.1 cm³/mol. The Kier molecular flexibility index (Phi) is 5.25. The average molecular weight is 340 g/mol. The van der Waals surface area contributed by atoms with Crippen LogP contribution in [-0.4, -0.2) is 69.3 Å². The van der Waals surface area contributed by atoms with Crippen LogP contribution in [0.1, 0.15) is 17.3 Å². The van der Waals surface area contributed by atoms with E-state index in [1.54, 1.807) is 16.7 Å². The third-order valence-electron chi connectivity index (χ3n) is 3.62. The van der Waals surface area contributed by atoms with Crippen LogP contribution in [0.2, 0.25) is 0 Å². The lowest BCUT2D eigenvalue weighted by Gasteiger charge is -2.34. The molecule has 0 radical (unpaired) electrons. The topological polar surface area (TPSA) is 84.0 Å². The highest BCUT2D eigenvalue weighted by Crippen LogP contribution is 2.13. The van der Waals surface area contributed by atoms with E-state index in [1.165, 1.54) is 24.3 Å². The van der Waals surface area contributed by atoms with E-state index < -0.39 is 9.84 Å². The van der Waals surface area contributed by atoms with Crippen LogP contribution < -0.4 is 0 Å². The molecule has 7 nitrogen and oxygen atoms in total. The van der Waals surface area contributed by atoms with E-state index in [0.717, 1.165) is 6.26 Å². The molecule has 1 heterocycles. The first-order valence-electron chi connectivity index (χ1n) is 7.34. The van der Waals surface area contributed by atoms with Gasteiger partial charge in [0.1, 0.15) is 0 Å². The molecular weight excluding hydrogens is 320 g/mol. The molecule has 0 spiro atoms. The zero-order valence-corrected chi connectivity index (χ0v) is 14.0. The van der Waals surface area contributed by atoms with Gasteiger partial charge in [-0.25, -0.2) is 13.2 Å². The minimum atomic E-state index is -3.28. The van der Waals surface area contributed by atoms with E-state index in [-0.39, 0.29) is 16.9 Å². The van der Waals surface area contributed by atoms with Gasteiger partial charge >= 0.3 is 6.09 Å². The van der Waals surface area contributed by atoms with Gasteiger partial charge in [-0.1, -0.05) is 0 Å². The van der Waals surface area contributed by atoms with E-state index >= 15 is 0 Å². The number of amides is 2. The maximum absolute atomic E-state index is 12.4. The number of piperazine rings is 1. The Bertz CT molecular complexity index is 676. The summed E-state index contributed by atoms with van der Waals surface area (Å²) in [6.07, 6.45) is 0.760. The van der Waals surface area contributed by atoms with Gasteiger partial charge in [0.05, 0.1) is 11.5 Å². The number of benzene rings is 1. The zero-order chi connectivity index (χ0) is 17.0. The Morgan fingerprint density at radius 3 is 2.04 bits per heavy atom. The van der Waals surface area contributed by atoms with Crippen molar-refractivity contribution >= 4 is 21.8 Å². The number of carbonyl (C=O) groups excluding carboxylic acids is 2. The molecule has 2 amide bonds. The standard InChI is InChI=1S/C15H20N2O5S/c1-3-22-15(19)17-10-8-16(9-11-17)14(18)12-4-6-13(7-5-12)23(2,20)21/h4-7H,3,8-11H2,1-2H3. The maximum atomic E-state index is 12.4. The number of hydrogen-bond donors (Lipinski definition) is 0. The first kappa shape index (κ1) is 17.3. The van der Waals surface area contributed by atoms with Gasteiger partial charge in [0.25, 0.3) is 5.91 Å². The molecule has 126 valence electrons. The van der Waals surface area contributed by atoms with E-state index in [0.29, 0.717) is 38.3 Å². The summed E-state index contributed by atoms with van der Waals surface area (Å²) < 4.78 is 27.8. The predicted octanol–water partition coefficient (Wildman–Crippen LogP) is 1.00. The van der Waals surface area contributed by atoms with Crippen LogP contribution in [0, 0.1) is 0 Å². The minimum Gasteiger partial charge on any atom is -0.450 e. The first-order chi connectivity index (χ1) is 10.8. The first-order valence-corrected chi connectivity index (χ1v) is 9.23. The molecule has 0 saturated carbocycles. The van der Waals surface area contributed by atoms with E-state index in [4.69, 9.17) is 4.74 Å². The molecule has 2 rings (SSSR count). The highest BCUT2D eigenvalue weighted by molar-refractivity contribution is 7.90. The summed E-state index contributed by atoms with van der Waals surface area (Å²) in [4.78, 5) is 27.4. The number of sulfone groups is 1.